The summed E-state index contributed by atoms with van der Waals surface area (Å²) in [6.07, 6.45) is 4.77. The zero-order chi connectivity index (χ0) is 14.2. The zero-order valence-corrected chi connectivity index (χ0v) is 11.3. The molecule has 0 spiro atoms. The number of nitrogens with zero attached hydrogens (tertiary/aromatic N) is 2. The van der Waals surface area contributed by atoms with Crippen LogP contribution in [0.25, 0.3) is 0 Å². The van der Waals surface area contributed by atoms with E-state index in [1.54, 1.807) is 29.3 Å². The molecule has 1 saturated heterocycles. The maximum Gasteiger partial charge on any atom is 0.309 e. The van der Waals surface area contributed by atoms with Gasteiger partial charge in [0.25, 0.3) is 5.91 Å². The fraction of sp³-hybridized carbons (Fsp3) is 0.533. The Kier molecular flexibility index (Phi) is 3.20. The molecule has 1 N–H and O–H groups in total. The van der Waals surface area contributed by atoms with Crippen LogP contribution in [0.15, 0.2) is 24.4 Å². The summed E-state index contributed by atoms with van der Waals surface area (Å²) in [6, 6.07) is 5.30. The molecule has 0 bridgehead atoms. The second-order valence-corrected chi connectivity index (χ2v) is 5.74. The van der Waals surface area contributed by atoms with E-state index in [9.17, 15) is 14.7 Å². The molecule has 5 nitrogen and oxygen atoms in total. The van der Waals surface area contributed by atoms with Crippen LogP contribution in [-0.2, 0) is 4.79 Å². The van der Waals surface area contributed by atoms with Gasteiger partial charge in [0.2, 0.25) is 0 Å². The maximum atomic E-state index is 12.3. The number of pyridine rings is 1. The highest BCUT2D eigenvalue weighted by Crippen LogP contribution is 2.55. The van der Waals surface area contributed by atoms with Crippen molar-refractivity contribution in [2.45, 2.75) is 25.7 Å². The maximum absolute atomic E-state index is 12.3. The van der Waals surface area contributed by atoms with Crippen molar-refractivity contribution < 1.29 is 14.7 Å². The third kappa shape index (κ3) is 2.17. The summed E-state index contributed by atoms with van der Waals surface area (Å²) < 4.78 is 0. The smallest absolute Gasteiger partial charge is 0.309 e. The van der Waals surface area contributed by atoms with Crippen molar-refractivity contribution in [3.05, 3.63) is 30.1 Å². The Labute approximate surface area is 117 Å². The summed E-state index contributed by atoms with van der Waals surface area (Å²) in [7, 11) is 0. The average Bonchev–Trinajstić information content (AvgIpc) is 3.29. The summed E-state index contributed by atoms with van der Waals surface area (Å²) in [4.78, 5) is 29.4. The van der Waals surface area contributed by atoms with Crippen molar-refractivity contribution >= 4 is 11.9 Å². The molecule has 2 fully saturated rings. The van der Waals surface area contributed by atoms with Gasteiger partial charge in [-0.15, -0.1) is 0 Å². The molecule has 1 aromatic heterocycles. The number of likely N-dealkylation sites (tertiary alicyclic amines) is 1. The Hall–Kier alpha value is -1.91. The average molecular weight is 274 g/mol. The third-order valence-corrected chi connectivity index (χ3v) is 4.66. The molecule has 2 heterocycles. The lowest BCUT2D eigenvalue weighted by atomic mass is 9.81. The van der Waals surface area contributed by atoms with Gasteiger partial charge < -0.3 is 10.0 Å². The van der Waals surface area contributed by atoms with Gasteiger partial charge in [0.05, 0.1) is 5.41 Å². The van der Waals surface area contributed by atoms with Crippen LogP contribution in [-0.4, -0.2) is 40.0 Å². The Bertz CT molecular complexity index is 517. The molecular formula is C15H18N2O3. The van der Waals surface area contributed by atoms with Crippen LogP contribution >= 0.6 is 0 Å². The quantitative estimate of drug-likeness (QED) is 0.912. The van der Waals surface area contributed by atoms with Gasteiger partial charge in [-0.2, -0.15) is 0 Å². The van der Waals surface area contributed by atoms with Crippen LogP contribution in [0.2, 0.25) is 0 Å². The molecule has 1 saturated carbocycles. The van der Waals surface area contributed by atoms with Crippen molar-refractivity contribution in [2.24, 2.45) is 11.3 Å². The minimum Gasteiger partial charge on any atom is -0.481 e. The highest BCUT2D eigenvalue weighted by Gasteiger charge is 2.56. The lowest BCUT2D eigenvalue weighted by Crippen LogP contribution is -2.42. The topological polar surface area (TPSA) is 70.5 Å². The van der Waals surface area contributed by atoms with Gasteiger partial charge in [-0.3, -0.25) is 14.6 Å². The molecule has 20 heavy (non-hydrogen) atoms. The molecule has 2 aliphatic rings. The minimum atomic E-state index is -0.660. The summed E-state index contributed by atoms with van der Waals surface area (Å²) in [5.41, 5.74) is -0.0227. The number of aliphatic carboxylic acids is 1. The number of hydrogen-bond donors (Lipinski definition) is 1. The van der Waals surface area contributed by atoms with E-state index in [1.165, 1.54) is 0 Å². The Balaban J connectivity index is 1.62. The molecule has 0 radical (unpaired) electrons. The Morgan fingerprint density at radius 2 is 1.95 bits per heavy atom. The van der Waals surface area contributed by atoms with Crippen molar-refractivity contribution in [1.82, 2.24) is 9.88 Å². The van der Waals surface area contributed by atoms with Gasteiger partial charge in [-0.05, 0) is 43.7 Å². The number of hydrogen-bond acceptors (Lipinski definition) is 3. The summed E-state index contributed by atoms with van der Waals surface area (Å²) in [5.74, 6) is -0.496. The second-order valence-electron chi connectivity index (χ2n) is 5.74. The minimum absolute atomic E-state index is 0.0516. The van der Waals surface area contributed by atoms with E-state index in [0.29, 0.717) is 18.8 Å². The van der Waals surface area contributed by atoms with Crippen LogP contribution in [0.3, 0.4) is 0 Å². The number of amides is 1. The number of piperidine rings is 1. The van der Waals surface area contributed by atoms with Gasteiger partial charge in [-0.25, -0.2) is 0 Å². The largest absolute Gasteiger partial charge is 0.481 e. The monoisotopic (exact) mass is 274 g/mol. The lowest BCUT2D eigenvalue weighted by molar-refractivity contribution is -0.146. The molecular weight excluding hydrogens is 256 g/mol. The molecule has 1 aliphatic carbocycles. The summed E-state index contributed by atoms with van der Waals surface area (Å²) in [5, 5.41) is 9.32. The fourth-order valence-electron chi connectivity index (χ4n) is 3.22. The fourth-order valence-corrected chi connectivity index (χ4v) is 3.22. The number of aromatic nitrogens is 1. The molecule has 0 unspecified atom stereocenters. The van der Waals surface area contributed by atoms with E-state index in [0.717, 1.165) is 25.7 Å². The number of carbonyl (C=O) groups is 2. The van der Waals surface area contributed by atoms with Crippen LogP contribution in [0.5, 0.6) is 0 Å². The number of carboxylic acid groups (broad SMARTS) is 1. The summed E-state index contributed by atoms with van der Waals surface area (Å²) in [6.45, 7) is 1.27. The highest BCUT2D eigenvalue weighted by molar-refractivity contribution is 5.92. The predicted octanol–water partition coefficient (Wildman–Crippen LogP) is 1.80. The van der Waals surface area contributed by atoms with Crippen molar-refractivity contribution in [2.75, 3.05) is 13.1 Å². The van der Waals surface area contributed by atoms with E-state index in [-0.39, 0.29) is 11.8 Å². The van der Waals surface area contributed by atoms with E-state index in [1.807, 2.05) is 0 Å². The van der Waals surface area contributed by atoms with Gasteiger partial charge in [0.15, 0.2) is 0 Å². The SMILES string of the molecule is O=C(c1ccccn1)N1CCC(C2(C(=O)O)CC2)CC1. The highest BCUT2D eigenvalue weighted by atomic mass is 16.4. The summed E-state index contributed by atoms with van der Waals surface area (Å²) >= 11 is 0. The molecule has 106 valence electrons. The van der Waals surface area contributed by atoms with Gasteiger partial charge in [-0.1, -0.05) is 6.07 Å². The molecule has 1 aromatic rings. The predicted molar refractivity (Wildman–Crippen MR) is 72.2 cm³/mol. The first-order valence-electron chi connectivity index (χ1n) is 7.07. The third-order valence-electron chi connectivity index (χ3n) is 4.66. The van der Waals surface area contributed by atoms with E-state index in [2.05, 4.69) is 4.98 Å². The Morgan fingerprint density at radius 3 is 2.45 bits per heavy atom. The van der Waals surface area contributed by atoms with Crippen LogP contribution < -0.4 is 0 Å². The first-order valence-corrected chi connectivity index (χ1v) is 7.07. The first kappa shape index (κ1) is 13.1. The number of carbonyl (C=O) groups excluding carboxylic acids is 1. The van der Waals surface area contributed by atoms with Crippen LogP contribution in [0, 0.1) is 11.3 Å². The number of rotatable bonds is 3. The molecule has 5 heteroatoms. The molecule has 0 aromatic carbocycles. The van der Waals surface area contributed by atoms with E-state index < -0.39 is 11.4 Å². The van der Waals surface area contributed by atoms with Gasteiger partial charge in [0.1, 0.15) is 5.69 Å². The Morgan fingerprint density at radius 1 is 1.25 bits per heavy atom. The van der Waals surface area contributed by atoms with Crippen molar-refractivity contribution in [1.29, 1.82) is 0 Å². The van der Waals surface area contributed by atoms with Crippen molar-refractivity contribution in [3.63, 3.8) is 0 Å². The van der Waals surface area contributed by atoms with Crippen molar-refractivity contribution in [3.8, 4) is 0 Å². The first-order chi connectivity index (χ1) is 9.63. The van der Waals surface area contributed by atoms with E-state index in [4.69, 9.17) is 0 Å². The van der Waals surface area contributed by atoms with Gasteiger partial charge >= 0.3 is 5.97 Å². The second kappa shape index (κ2) is 4.89. The lowest BCUT2D eigenvalue weighted by Gasteiger charge is -2.34. The standard InChI is InChI=1S/C15H18N2O3/c18-13(12-3-1-2-8-16-12)17-9-4-11(5-10-17)15(6-7-15)14(19)20/h1-3,8,11H,4-7,9-10H2,(H,19,20). The van der Waals surface area contributed by atoms with Crippen LogP contribution in [0.4, 0.5) is 0 Å². The molecule has 1 aliphatic heterocycles. The molecule has 3 rings (SSSR count). The number of carboxylic acids is 1. The van der Waals surface area contributed by atoms with E-state index >= 15 is 0 Å². The zero-order valence-electron chi connectivity index (χ0n) is 11.3. The molecule has 0 atom stereocenters. The molecule has 1 amide bonds. The van der Waals surface area contributed by atoms with Gasteiger partial charge in [0, 0.05) is 19.3 Å². The van der Waals surface area contributed by atoms with Crippen LogP contribution in [0.1, 0.15) is 36.2 Å². The normalized spacial score (nSPS) is 21.5.